The van der Waals surface area contributed by atoms with Crippen LogP contribution in [0.3, 0.4) is 0 Å². The Kier molecular flexibility index (Phi) is 3.41. The maximum Gasteiger partial charge on any atom is 0.247 e. The number of methoxy groups -OCH3 is 1. The molecule has 2 rings (SSSR count). The molecular weight excluding hydrogens is 291 g/mol. The molecule has 0 aliphatic rings. The Balaban J connectivity index is 2.50. The Hall–Kier alpha value is -1.13. The molecule has 1 heterocycles. The first-order chi connectivity index (χ1) is 7.72. The van der Waals surface area contributed by atoms with Gasteiger partial charge in [-0.15, -0.1) is 10.2 Å². The highest BCUT2D eigenvalue weighted by Gasteiger charge is 2.08. The molecule has 3 nitrogen and oxygen atoms in total. The van der Waals surface area contributed by atoms with Crippen LogP contribution in [-0.2, 0) is 0 Å². The van der Waals surface area contributed by atoms with E-state index in [1.807, 2.05) is 30.3 Å². The average molecular weight is 300 g/mol. The summed E-state index contributed by atoms with van der Waals surface area (Å²) in [5, 5.41) is 8.64. The minimum Gasteiger partial charge on any atom is -0.479 e. The van der Waals surface area contributed by atoms with Gasteiger partial charge in [0.15, 0.2) is 0 Å². The highest BCUT2D eigenvalue weighted by molar-refractivity contribution is 9.10. The lowest BCUT2D eigenvalue weighted by molar-refractivity contribution is 0.389. The minimum atomic E-state index is 0.454. The molecule has 82 valence electrons. The minimum absolute atomic E-state index is 0.454. The summed E-state index contributed by atoms with van der Waals surface area (Å²) in [4.78, 5) is 0. The summed E-state index contributed by atoms with van der Waals surface area (Å²) in [6.07, 6.45) is 0. The lowest BCUT2D eigenvalue weighted by atomic mass is 10.1. The zero-order valence-corrected chi connectivity index (χ0v) is 10.8. The zero-order chi connectivity index (χ0) is 11.5. The van der Waals surface area contributed by atoms with Gasteiger partial charge in [-0.1, -0.05) is 29.8 Å². The predicted molar refractivity (Wildman–Crippen MR) is 66.7 cm³/mol. The van der Waals surface area contributed by atoms with Crippen molar-refractivity contribution in [3.63, 3.8) is 0 Å². The standard InChI is InChI=1S/C11H8BrClN2O/c1-16-11-8(12)6-10(14-15-11)7-4-2-3-5-9(7)13/h2-6H,1H3. The number of hydrogen-bond acceptors (Lipinski definition) is 3. The van der Waals surface area contributed by atoms with Crippen LogP contribution in [-0.4, -0.2) is 17.3 Å². The van der Waals surface area contributed by atoms with Crippen LogP contribution < -0.4 is 4.74 Å². The largest absolute Gasteiger partial charge is 0.479 e. The van der Waals surface area contributed by atoms with Crippen molar-refractivity contribution in [2.24, 2.45) is 0 Å². The zero-order valence-electron chi connectivity index (χ0n) is 8.45. The molecule has 0 spiro atoms. The van der Waals surface area contributed by atoms with Gasteiger partial charge in [-0.2, -0.15) is 0 Å². The highest BCUT2D eigenvalue weighted by Crippen LogP contribution is 2.30. The van der Waals surface area contributed by atoms with E-state index in [-0.39, 0.29) is 0 Å². The number of aromatic nitrogens is 2. The third-order valence-electron chi connectivity index (χ3n) is 2.06. The topological polar surface area (TPSA) is 35.0 Å². The van der Waals surface area contributed by atoms with Crippen molar-refractivity contribution in [3.8, 4) is 17.1 Å². The van der Waals surface area contributed by atoms with Gasteiger partial charge in [0.05, 0.1) is 22.3 Å². The SMILES string of the molecule is COc1nnc(-c2ccccc2Cl)cc1Br. The van der Waals surface area contributed by atoms with Gasteiger partial charge in [0.1, 0.15) is 0 Å². The summed E-state index contributed by atoms with van der Waals surface area (Å²) in [5.41, 5.74) is 1.55. The van der Waals surface area contributed by atoms with Crippen LogP contribution in [0.5, 0.6) is 5.88 Å². The number of benzene rings is 1. The summed E-state index contributed by atoms with van der Waals surface area (Å²) in [6, 6.07) is 9.31. The smallest absolute Gasteiger partial charge is 0.247 e. The van der Waals surface area contributed by atoms with Crippen molar-refractivity contribution in [2.45, 2.75) is 0 Å². The Morgan fingerprint density at radius 3 is 2.62 bits per heavy atom. The quantitative estimate of drug-likeness (QED) is 0.850. The van der Waals surface area contributed by atoms with E-state index in [2.05, 4.69) is 26.1 Å². The summed E-state index contributed by atoms with van der Waals surface area (Å²) in [6.45, 7) is 0. The first-order valence-electron chi connectivity index (χ1n) is 4.54. The molecule has 0 saturated carbocycles. The van der Waals surface area contributed by atoms with Crippen LogP contribution in [0.1, 0.15) is 0 Å². The van der Waals surface area contributed by atoms with Gasteiger partial charge in [-0.25, -0.2) is 0 Å². The summed E-state index contributed by atoms with van der Waals surface area (Å²) in [7, 11) is 1.55. The fourth-order valence-electron chi connectivity index (χ4n) is 1.30. The number of hydrogen-bond donors (Lipinski definition) is 0. The summed E-state index contributed by atoms with van der Waals surface area (Å²) < 4.78 is 5.76. The summed E-state index contributed by atoms with van der Waals surface area (Å²) in [5.74, 6) is 0.454. The summed E-state index contributed by atoms with van der Waals surface area (Å²) >= 11 is 9.43. The molecule has 0 unspecified atom stereocenters. The van der Waals surface area contributed by atoms with Crippen LogP contribution >= 0.6 is 27.5 Å². The maximum atomic E-state index is 6.07. The Bertz CT molecular complexity index is 519. The Morgan fingerprint density at radius 2 is 2.00 bits per heavy atom. The van der Waals surface area contributed by atoms with E-state index in [1.54, 1.807) is 7.11 Å². The van der Waals surface area contributed by atoms with E-state index in [9.17, 15) is 0 Å². The fourth-order valence-corrected chi connectivity index (χ4v) is 1.99. The van der Waals surface area contributed by atoms with Crippen molar-refractivity contribution >= 4 is 27.5 Å². The van der Waals surface area contributed by atoms with E-state index in [1.165, 1.54) is 0 Å². The third kappa shape index (κ3) is 2.18. The molecule has 0 N–H and O–H groups in total. The molecule has 16 heavy (non-hydrogen) atoms. The van der Waals surface area contributed by atoms with E-state index in [0.717, 1.165) is 10.0 Å². The highest BCUT2D eigenvalue weighted by atomic mass is 79.9. The molecule has 1 aromatic carbocycles. The van der Waals surface area contributed by atoms with Crippen LogP contribution in [0.4, 0.5) is 0 Å². The molecule has 0 bridgehead atoms. The molecule has 0 saturated heterocycles. The van der Waals surface area contributed by atoms with Crippen LogP contribution in [0.25, 0.3) is 11.3 Å². The van der Waals surface area contributed by atoms with E-state index in [0.29, 0.717) is 16.6 Å². The molecule has 0 radical (unpaired) electrons. The fraction of sp³-hybridized carbons (Fsp3) is 0.0909. The molecule has 0 fully saturated rings. The molecule has 1 aromatic heterocycles. The molecule has 0 aliphatic carbocycles. The van der Waals surface area contributed by atoms with E-state index >= 15 is 0 Å². The van der Waals surface area contributed by atoms with Gasteiger partial charge >= 0.3 is 0 Å². The van der Waals surface area contributed by atoms with Gasteiger partial charge in [-0.3, -0.25) is 0 Å². The second-order valence-corrected chi connectivity index (χ2v) is 4.33. The van der Waals surface area contributed by atoms with Crippen LogP contribution in [0.2, 0.25) is 5.02 Å². The molecular formula is C11H8BrClN2O. The number of halogens is 2. The van der Waals surface area contributed by atoms with Crippen LogP contribution in [0.15, 0.2) is 34.8 Å². The van der Waals surface area contributed by atoms with Gasteiger partial charge < -0.3 is 4.74 Å². The number of ether oxygens (including phenoxy) is 1. The van der Waals surface area contributed by atoms with Crippen LogP contribution in [0, 0.1) is 0 Å². The second-order valence-electron chi connectivity index (χ2n) is 3.07. The van der Waals surface area contributed by atoms with Gasteiger partial charge in [-0.05, 0) is 28.1 Å². The van der Waals surface area contributed by atoms with Crippen molar-refractivity contribution in [1.82, 2.24) is 10.2 Å². The normalized spacial score (nSPS) is 10.2. The molecule has 0 atom stereocenters. The molecule has 0 aliphatic heterocycles. The van der Waals surface area contributed by atoms with E-state index in [4.69, 9.17) is 16.3 Å². The Morgan fingerprint density at radius 1 is 1.25 bits per heavy atom. The molecule has 5 heteroatoms. The second kappa shape index (κ2) is 4.80. The first-order valence-corrected chi connectivity index (χ1v) is 5.71. The van der Waals surface area contributed by atoms with E-state index < -0.39 is 0 Å². The van der Waals surface area contributed by atoms with Crippen molar-refractivity contribution in [1.29, 1.82) is 0 Å². The first kappa shape index (κ1) is 11.4. The number of rotatable bonds is 2. The monoisotopic (exact) mass is 298 g/mol. The van der Waals surface area contributed by atoms with Crippen molar-refractivity contribution < 1.29 is 4.74 Å². The molecule has 2 aromatic rings. The lowest BCUT2D eigenvalue weighted by Gasteiger charge is -2.05. The average Bonchev–Trinajstić information content (AvgIpc) is 2.29. The van der Waals surface area contributed by atoms with Crippen molar-refractivity contribution in [2.75, 3.05) is 7.11 Å². The maximum absolute atomic E-state index is 6.07. The lowest BCUT2D eigenvalue weighted by Crippen LogP contribution is -1.94. The predicted octanol–water partition coefficient (Wildman–Crippen LogP) is 3.57. The Labute approximate surface area is 107 Å². The molecule has 0 amide bonds. The van der Waals surface area contributed by atoms with Crippen molar-refractivity contribution in [3.05, 3.63) is 39.8 Å². The van der Waals surface area contributed by atoms with Gasteiger partial charge in [0, 0.05) is 5.56 Å². The van der Waals surface area contributed by atoms with Gasteiger partial charge in [0.2, 0.25) is 5.88 Å². The third-order valence-corrected chi connectivity index (χ3v) is 2.96. The number of nitrogens with zero attached hydrogens (tertiary/aromatic N) is 2. The van der Waals surface area contributed by atoms with Gasteiger partial charge in [0.25, 0.3) is 0 Å².